The van der Waals surface area contributed by atoms with E-state index in [0.29, 0.717) is 12.8 Å². The second-order valence-electron chi connectivity index (χ2n) is 7.28. The standard InChI is InChI=1S/C21H32N2O5/c1-6-15(4)18(19(24)22-17(12-14(2)3)20(25)27-5)23-21(26)28-13-16-10-8-7-9-11-16/h7-11,14-15,17-18H,6,12-13H2,1-5H3,(H,22,24)(H,23,26)/t15-,17+,18-/m1/s1. The SMILES string of the molecule is CC[C@@H](C)[C@@H](NC(=O)OCc1ccccc1)C(=O)N[C@@H](CC(C)C)C(=O)OC. The largest absolute Gasteiger partial charge is 0.467 e. The average molecular weight is 392 g/mol. The number of ether oxygens (including phenoxy) is 2. The van der Waals surface area contributed by atoms with Crippen molar-refractivity contribution in [3.8, 4) is 0 Å². The summed E-state index contributed by atoms with van der Waals surface area (Å²) in [7, 11) is 1.28. The molecule has 7 nitrogen and oxygen atoms in total. The lowest BCUT2D eigenvalue weighted by molar-refractivity contribution is -0.146. The van der Waals surface area contributed by atoms with E-state index in [9.17, 15) is 14.4 Å². The molecule has 0 saturated carbocycles. The van der Waals surface area contributed by atoms with E-state index < -0.39 is 30.1 Å². The Hall–Kier alpha value is -2.57. The topological polar surface area (TPSA) is 93.7 Å². The second kappa shape index (κ2) is 12.0. The molecule has 0 unspecified atom stereocenters. The van der Waals surface area contributed by atoms with Crippen LogP contribution in [0.4, 0.5) is 4.79 Å². The van der Waals surface area contributed by atoms with Crippen LogP contribution < -0.4 is 10.6 Å². The fourth-order valence-corrected chi connectivity index (χ4v) is 2.68. The summed E-state index contributed by atoms with van der Waals surface area (Å²) in [6, 6.07) is 7.71. The molecule has 0 saturated heterocycles. The van der Waals surface area contributed by atoms with Crippen molar-refractivity contribution in [1.82, 2.24) is 10.6 Å². The van der Waals surface area contributed by atoms with E-state index in [1.165, 1.54) is 7.11 Å². The van der Waals surface area contributed by atoms with E-state index in [-0.39, 0.29) is 18.4 Å². The van der Waals surface area contributed by atoms with E-state index in [4.69, 9.17) is 9.47 Å². The van der Waals surface area contributed by atoms with Gasteiger partial charge in [-0.05, 0) is 23.8 Å². The first-order chi connectivity index (χ1) is 13.3. The Morgan fingerprint density at radius 1 is 1.04 bits per heavy atom. The highest BCUT2D eigenvalue weighted by molar-refractivity contribution is 5.89. The molecular formula is C21H32N2O5. The van der Waals surface area contributed by atoms with Crippen molar-refractivity contribution >= 4 is 18.0 Å². The summed E-state index contributed by atoms with van der Waals surface area (Å²) in [5.41, 5.74) is 0.852. The van der Waals surface area contributed by atoms with E-state index in [1.54, 1.807) is 0 Å². The number of carbonyl (C=O) groups is 3. The number of benzene rings is 1. The Labute approximate surface area is 167 Å². The number of esters is 1. The van der Waals surface area contributed by atoms with Crippen LogP contribution in [-0.2, 0) is 25.7 Å². The van der Waals surface area contributed by atoms with Crippen LogP contribution in [0.1, 0.15) is 46.1 Å². The number of nitrogens with one attached hydrogen (secondary N) is 2. The van der Waals surface area contributed by atoms with Crippen molar-refractivity contribution in [1.29, 1.82) is 0 Å². The fourth-order valence-electron chi connectivity index (χ4n) is 2.68. The molecule has 0 spiro atoms. The number of amides is 2. The van der Waals surface area contributed by atoms with Gasteiger partial charge in [-0.1, -0.05) is 64.4 Å². The van der Waals surface area contributed by atoms with Crippen LogP contribution in [0.3, 0.4) is 0 Å². The Bertz CT molecular complexity index is 633. The Balaban J connectivity index is 2.75. The van der Waals surface area contributed by atoms with E-state index in [1.807, 2.05) is 58.0 Å². The van der Waals surface area contributed by atoms with Crippen molar-refractivity contribution < 1.29 is 23.9 Å². The Morgan fingerprint density at radius 2 is 1.68 bits per heavy atom. The summed E-state index contributed by atoms with van der Waals surface area (Å²) in [5, 5.41) is 5.34. The quantitative estimate of drug-likeness (QED) is 0.597. The molecule has 156 valence electrons. The third-order valence-corrected chi connectivity index (χ3v) is 4.49. The predicted molar refractivity (Wildman–Crippen MR) is 106 cm³/mol. The van der Waals surface area contributed by atoms with Gasteiger partial charge in [-0.3, -0.25) is 4.79 Å². The fraction of sp³-hybridized carbons (Fsp3) is 0.571. The zero-order valence-electron chi connectivity index (χ0n) is 17.4. The van der Waals surface area contributed by atoms with Gasteiger partial charge in [0.15, 0.2) is 0 Å². The van der Waals surface area contributed by atoms with Gasteiger partial charge in [-0.15, -0.1) is 0 Å². The smallest absolute Gasteiger partial charge is 0.408 e. The molecule has 0 aliphatic carbocycles. The van der Waals surface area contributed by atoms with Crippen LogP contribution in [0.5, 0.6) is 0 Å². The number of hydrogen-bond acceptors (Lipinski definition) is 5. The molecule has 2 amide bonds. The minimum atomic E-state index is -0.812. The first kappa shape index (κ1) is 23.5. The molecule has 0 bridgehead atoms. The third-order valence-electron chi connectivity index (χ3n) is 4.49. The number of alkyl carbamates (subject to hydrolysis) is 1. The third kappa shape index (κ3) is 7.98. The zero-order chi connectivity index (χ0) is 21.1. The maximum Gasteiger partial charge on any atom is 0.408 e. The van der Waals surface area contributed by atoms with Crippen LogP contribution in [0.2, 0.25) is 0 Å². The molecule has 0 aliphatic rings. The van der Waals surface area contributed by atoms with Gasteiger partial charge in [0.25, 0.3) is 0 Å². The lowest BCUT2D eigenvalue weighted by atomic mass is 9.97. The molecular weight excluding hydrogens is 360 g/mol. The minimum Gasteiger partial charge on any atom is -0.467 e. The van der Waals surface area contributed by atoms with Gasteiger partial charge >= 0.3 is 12.1 Å². The van der Waals surface area contributed by atoms with Crippen molar-refractivity contribution in [3.05, 3.63) is 35.9 Å². The number of rotatable bonds is 10. The van der Waals surface area contributed by atoms with Crippen molar-refractivity contribution in [2.45, 2.75) is 59.2 Å². The molecule has 1 rings (SSSR count). The van der Waals surface area contributed by atoms with Crippen LogP contribution >= 0.6 is 0 Å². The van der Waals surface area contributed by atoms with Gasteiger partial charge in [-0.25, -0.2) is 9.59 Å². The lowest BCUT2D eigenvalue weighted by Crippen LogP contribution is -2.54. The normalized spacial score (nSPS) is 13.9. The summed E-state index contributed by atoms with van der Waals surface area (Å²) in [4.78, 5) is 37.0. The van der Waals surface area contributed by atoms with Crippen molar-refractivity contribution in [2.24, 2.45) is 11.8 Å². The highest BCUT2D eigenvalue weighted by atomic mass is 16.5. The summed E-state index contributed by atoms with van der Waals surface area (Å²) in [6.07, 6.45) is 0.441. The second-order valence-corrected chi connectivity index (χ2v) is 7.28. The molecule has 1 aromatic carbocycles. The highest BCUT2D eigenvalue weighted by Crippen LogP contribution is 2.12. The molecule has 28 heavy (non-hydrogen) atoms. The summed E-state index contributed by atoms with van der Waals surface area (Å²) in [6.45, 7) is 7.80. The first-order valence-corrected chi connectivity index (χ1v) is 9.63. The van der Waals surface area contributed by atoms with Crippen molar-refractivity contribution in [2.75, 3.05) is 7.11 Å². The number of carbonyl (C=O) groups excluding carboxylic acids is 3. The average Bonchev–Trinajstić information content (AvgIpc) is 2.69. The molecule has 0 heterocycles. The van der Waals surface area contributed by atoms with E-state index >= 15 is 0 Å². The van der Waals surface area contributed by atoms with E-state index in [0.717, 1.165) is 5.56 Å². The Kier molecular flexibility index (Phi) is 10.1. The van der Waals surface area contributed by atoms with Gasteiger partial charge in [-0.2, -0.15) is 0 Å². The van der Waals surface area contributed by atoms with Crippen LogP contribution in [-0.4, -0.2) is 37.2 Å². The zero-order valence-corrected chi connectivity index (χ0v) is 17.4. The van der Waals surface area contributed by atoms with Crippen LogP contribution in [0, 0.1) is 11.8 Å². The van der Waals surface area contributed by atoms with Gasteiger partial charge < -0.3 is 20.1 Å². The summed E-state index contributed by atoms with van der Waals surface area (Å²) in [5.74, 6) is -0.879. The predicted octanol–water partition coefficient (Wildman–Crippen LogP) is 3.03. The molecule has 1 aromatic rings. The molecule has 7 heteroatoms. The van der Waals surface area contributed by atoms with Gasteiger partial charge in [0.1, 0.15) is 18.7 Å². The van der Waals surface area contributed by atoms with E-state index in [2.05, 4.69) is 10.6 Å². The minimum absolute atomic E-state index is 0.111. The first-order valence-electron chi connectivity index (χ1n) is 9.63. The molecule has 0 aliphatic heterocycles. The highest BCUT2D eigenvalue weighted by Gasteiger charge is 2.31. The van der Waals surface area contributed by atoms with Gasteiger partial charge in [0, 0.05) is 0 Å². The van der Waals surface area contributed by atoms with Crippen molar-refractivity contribution in [3.63, 3.8) is 0 Å². The molecule has 3 atom stereocenters. The molecule has 2 N–H and O–H groups in total. The van der Waals surface area contributed by atoms with Gasteiger partial charge in [0.2, 0.25) is 5.91 Å². The molecule has 0 aromatic heterocycles. The van der Waals surface area contributed by atoms with Gasteiger partial charge in [0.05, 0.1) is 7.11 Å². The monoisotopic (exact) mass is 392 g/mol. The summed E-state index contributed by atoms with van der Waals surface area (Å²) >= 11 is 0. The maximum absolute atomic E-state index is 12.8. The Morgan fingerprint density at radius 3 is 2.21 bits per heavy atom. The number of hydrogen-bond donors (Lipinski definition) is 2. The molecule has 0 radical (unpaired) electrons. The maximum atomic E-state index is 12.8. The number of methoxy groups -OCH3 is 1. The molecule has 0 fully saturated rings. The summed E-state index contributed by atoms with van der Waals surface area (Å²) < 4.78 is 10.0. The van der Waals surface area contributed by atoms with Crippen LogP contribution in [0.25, 0.3) is 0 Å². The van der Waals surface area contributed by atoms with Crippen LogP contribution in [0.15, 0.2) is 30.3 Å². The lowest BCUT2D eigenvalue weighted by Gasteiger charge is -2.26.